The van der Waals surface area contributed by atoms with Gasteiger partial charge in [0, 0.05) is 25.5 Å². The van der Waals surface area contributed by atoms with E-state index in [9.17, 15) is 18.0 Å². The fourth-order valence-electron chi connectivity index (χ4n) is 1.42. The lowest BCUT2D eigenvalue weighted by Crippen LogP contribution is -2.20. The molecule has 0 aliphatic rings. The zero-order chi connectivity index (χ0) is 15.2. The third-order valence-corrected chi connectivity index (χ3v) is 2.33. The first kappa shape index (κ1) is 15.9. The SMILES string of the molecule is COc1cc(C#CCCNC(C)=O)cc(C(F)(F)F)c1. The van der Waals surface area contributed by atoms with Crippen molar-refractivity contribution in [2.24, 2.45) is 0 Å². The highest BCUT2D eigenvalue weighted by molar-refractivity contribution is 5.72. The number of methoxy groups -OCH3 is 1. The van der Waals surface area contributed by atoms with Gasteiger partial charge in [0.2, 0.25) is 5.91 Å². The Morgan fingerprint density at radius 2 is 2.05 bits per heavy atom. The molecule has 0 fully saturated rings. The normalized spacial score (nSPS) is 10.4. The predicted molar refractivity (Wildman–Crippen MR) is 68.2 cm³/mol. The van der Waals surface area contributed by atoms with Gasteiger partial charge in [-0.15, -0.1) is 0 Å². The minimum Gasteiger partial charge on any atom is -0.497 e. The second-order valence-corrected chi connectivity index (χ2v) is 3.98. The number of alkyl halides is 3. The van der Waals surface area contributed by atoms with Crippen LogP contribution in [0.1, 0.15) is 24.5 Å². The van der Waals surface area contributed by atoms with Crippen LogP contribution in [0.5, 0.6) is 5.75 Å². The quantitative estimate of drug-likeness (QED) is 0.685. The second-order valence-electron chi connectivity index (χ2n) is 3.98. The van der Waals surface area contributed by atoms with Crippen LogP contribution in [0.3, 0.4) is 0 Å². The molecule has 0 saturated heterocycles. The number of carbonyl (C=O) groups excluding carboxylic acids is 1. The van der Waals surface area contributed by atoms with E-state index in [2.05, 4.69) is 17.2 Å². The third-order valence-electron chi connectivity index (χ3n) is 2.33. The van der Waals surface area contributed by atoms with Crippen LogP contribution in [0.25, 0.3) is 0 Å². The molecule has 1 amide bonds. The van der Waals surface area contributed by atoms with E-state index in [0.717, 1.165) is 12.1 Å². The summed E-state index contributed by atoms with van der Waals surface area (Å²) >= 11 is 0. The molecule has 3 nitrogen and oxygen atoms in total. The molecule has 1 aromatic carbocycles. The van der Waals surface area contributed by atoms with E-state index in [1.165, 1.54) is 20.1 Å². The topological polar surface area (TPSA) is 38.3 Å². The molecule has 0 heterocycles. The first-order valence-electron chi connectivity index (χ1n) is 5.82. The molecule has 0 radical (unpaired) electrons. The summed E-state index contributed by atoms with van der Waals surface area (Å²) < 4.78 is 42.8. The van der Waals surface area contributed by atoms with Crippen LogP contribution in [0.15, 0.2) is 18.2 Å². The van der Waals surface area contributed by atoms with Crippen LogP contribution in [0, 0.1) is 11.8 Å². The molecule has 6 heteroatoms. The zero-order valence-electron chi connectivity index (χ0n) is 11.1. The molecule has 108 valence electrons. The fraction of sp³-hybridized carbons (Fsp3) is 0.357. The van der Waals surface area contributed by atoms with E-state index in [0.29, 0.717) is 13.0 Å². The Morgan fingerprint density at radius 3 is 2.60 bits per heavy atom. The monoisotopic (exact) mass is 285 g/mol. The summed E-state index contributed by atoms with van der Waals surface area (Å²) in [5, 5.41) is 2.54. The minimum atomic E-state index is -4.44. The van der Waals surface area contributed by atoms with E-state index >= 15 is 0 Å². The van der Waals surface area contributed by atoms with Crippen molar-refractivity contribution in [3.05, 3.63) is 29.3 Å². The van der Waals surface area contributed by atoms with Crippen LogP contribution in [-0.4, -0.2) is 19.6 Å². The molecule has 0 aliphatic heterocycles. The number of amides is 1. The molecular weight excluding hydrogens is 271 g/mol. The maximum Gasteiger partial charge on any atom is 0.416 e. The van der Waals surface area contributed by atoms with Crippen LogP contribution < -0.4 is 10.1 Å². The molecule has 0 unspecified atom stereocenters. The van der Waals surface area contributed by atoms with Gasteiger partial charge in [-0.05, 0) is 18.2 Å². The third kappa shape index (κ3) is 5.22. The van der Waals surface area contributed by atoms with Gasteiger partial charge in [-0.2, -0.15) is 13.2 Å². The Balaban J connectivity index is 2.84. The van der Waals surface area contributed by atoms with Crippen LogP contribution in [-0.2, 0) is 11.0 Å². The predicted octanol–water partition coefficient (Wildman–Crippen LogP) is 2.59. The summed E-state index contributed by atoms with van der Waals surface area (Å²) in [7, 11) is 1.30. The number of halogens is 3. The van der Waals surface area contributed by atoms with Gasteiger partial charge in [0.15, 0.2) is 0 Å². The fourth-order valence-corrected chi connectivity index (χ4v) is 1.42. The molecule has 0 atom stereocenters. The van der Waals surface area contributed by atoms with Crippen molar-refractivity contribution in [3.8, 4) is 17.6 Å². The summed E-state index contributed by atoms with van der Waals surface area (Å²) in [6, 6.07) is 3.32. The van der Waals surface area contributed by atoms with Gasteiger partial charge in [0.25, 0.3) is 0 Å². The van der Waals surface area contributed by atoms with Crippen molar-refractivity contribution >= 4 is 5.91 Å². The van der Waals surface area contributed by atoms with Crippen molar-refractivity contribution in [3.63, 3.8) is 0 Å². The highest BCUT2D eigenvalue weighted by atomic mass is 19.4. The van der Waals surface area contributed by atoms with E-state index in [1.807, 2.05) is 0 Å². The van der Waals surface area contributed by atoms with Gasteiger partial charge in [-0.1, -0.05) is 11.8 Å². The van der Waals surface area contributed by atoms with Crippen molar-refractivity contribution in [2.75, 3.05) is 13.7 Å². The highest BCUT2D eigenvalue weighted by Crippen LogP contribution is 2.32. The molecule has 1 aromatic rings. The maximum atomic E-state index is 12.7. The number of carbonyl (C=O) groups is 1. The van der Waals surface area contributed by atoms with Crippen molar-refractivity contribution in [1.82, 2.24) is 5.32 Å². The number of nitrogens with one attached hydrogen (secondary N) is 1. The zero-order valence-corrected chi connectivity index (χ0v) is 11.1. The van der Waals surface area contributed by atoms with Gasteiger partial charge < -0.3 is 10.1 Å². The second kappa shape index (κ2) is 6.85. The van der Waals surface area contributed by atoms with E-state index < -0.39 is 11.7 Å². The number of benzene rings is 1. The molecule has 1 N–H and O–H groups in total. The lowest BCUT2D eigenvalue weighted by atomic mass is 10.1. The average Bonchev–Trinajstić information content (AvgIpc) is 2.36. The summed E-state index contributed by atoms with van der Waals surface area (Å²) in [6.45, 7) is 1.74. The molecule has 0 spiro atoms. The van der Waals surface area contributed by atoms with Gasteiger partial charge in [0.1, 0.15) is 5.75 Å². The van der Waals surface area contributed by atoms with Crippen molar-refractivity contribution < 1.29 is 22.7 Å². The summed E-state index contributed by atoms with van der Waals surface area (Å²) in [5.74, 6) is 5.25. The van der Waals surface area contributed by atoms with Crippen molar-refractivity contribution in [2.45, 2.75) is 19.5 Å². The molecule has 0 saturated carbocycles. The molecule has 1 rings (SSSR count). The first-order chi connectivity index (χ1) is 9.32. The Morgan fingerprint density at radius 1 is 1.35 bits per heavy atom. The Bertz CT molecular complexity index is 542. The number of rotatable bonds is 3. The Hall–Kier alpha value is -2.16. The lowest BCUT2D eigenvalue weighted by molar-refractivity contribution is -0.137. The largest absolute Gasteiger partial charge is 0.497 e. The van der Waals surface area contributed by atoms with Crippen molar-refractivity contribution in [1.29, 1.82) is 0 Å². The maximum absolute atomic E-state index is 12.7. The Labute approximate surface area is 115 Å². The summed E-state index contributed by atoms with van der Waals surface area (Å²) in [5.41, 5.74) is -0.581. The smallest absolute Gasteiger partial charge is 0.416 e. The summed E-state index contributed by atoms with van der Waals surface area (Å²) in [4.78, 5) is 10.6. The number of hydrogen-bond acceptors (Lipinski definition) is 2. The van der Waals surface area contributed by atoms with Gasteiger partial charge >= 0.3 is 6.18 Å². The highest BCUT2D eigenvalue weighted by Gasteiger charge is 2.31. The van der Waals surface area contributed by atoms with E-state index in [4.69, 9.17) is 4.74 Å². The molecule has 0 aromatic heterocycles. The number of ether oxygens (including phenoxy) is 1. The first-order valence-corrected chi connectivity index (χ1v) is 5.82. The lowest BCUT2D eigenvalue weighted by Gasteiger charge is -2.09. The Kier molecular flexibility index (Phi) is 5.44. The van der Waals surface area contributed by atoms with E-state index in [1.54, 1.807) is 0 Å². The summed E-state index contributed by atoms with van der Waals surface area (Å²) in [6.07, 6.45) is -4.08. The van der Waals surface area contributed by atoms with Gasteiger partial charge in [-0.3, -0.25) is 4.79 Å². The molecular formula is C14H14F3NO2. The van der Waals surface area contributed by atoms with Gasteiger partial charge in [-0.25, -0.2) is 0 Å². The van der Waals surface area contributed by atoms with Gasteiger partial charge in [0.05, 0.1) is 12.7 Å². The molecule has 0 aliphatic carbocycles. The van der Waals surface area contributed by atoms with Crippen LogP contribution in [0.4, 0.5) is 13.2 Å². The molecule has 20 heavy (non-hydrogen) atoms. The average molecular weight is 285 g/mol. The molecule has 0 bridgehead atoms. The van der Waals surface area contributed by atoms with Crippen LogP contribution in [0.2, 0.25) is 0 Å². The number of hydrogen-bond donors (Lipinski definition) is 1. The standard InChI is InChI=1S/C14H14F3NO2/c1-10(19)18-6-4-3-5-11-7-12(14(15,16)17)9-13(8-11)20-2/h7-9H,4,6H2,1-2H3,(H,18,19). The minimum absolute atomic E-state index is 0.103. The van der Waals surface area contributed by atoms with Crippen LogP contribution >= 0.6 is 0 Å². The van der Waals surface area contributed by atoms with E-state index in [-0.39, 0.29) is 17.2 Å².